The van der Waals surface area contributed by atoms with Gasteiger partial charge in [-0.05, 0) is 49.7 Å². The van der Waals surface area contributed by atoms with Gasteiger partial charge in [0.1, 0.15) is 5.82 Å². The molecule has 2 aromatic rings. The van der Waals surface area contributed by atoms with Crippen LogP contribution in [0.25, 0.3) is 0 Å². The predicted octanol–water partition coefficient (Wildman–Crippen LogP) is 3.93. The number of halogens is 3. The molecule has 0 aliphatic heterocycles. The predicted molar refractivity (Wildman–Crippen MR) is 94.3 cm³/mol. The maximum Gasteiger partial charge on any atom is 0.387 e. The number of esters is 1. The van der Waals surface area contributed by atoms with Gasteiger partial charge in [-0.3, -0.25) is 4.79 Å². The van der Waals surface area contributed by atoms with Crippen LogP contribution in [0.5, 0.6) is 11.5 Å². The Morgan fingerprint density at radius 2 is 1.79 bits per heavy atom. The fourth-order valence-corrected chi connectivity index (χ4v) is 2.18. The average Bonchev–Trinajstić information content (AvgIpc) is 2.64. The molecule has 0 bridgehead atoms. The molecule has 9 heteroatoms. The van der Waals surface area contributed by atoms with Crippen LogP contribution in [0.4, 0.5) is 18.9 Å². The van der Waals surface area contributed by atoms with Gasteiger partial charge in [-0.25, -0.2) is 9.18 Å². The molecule has 0 aliphatic carbocycles. The quantitative estimate of drug-likeness (QED) is 0.717. The summed E-state index contributed by atoms with van der Waals surface area (Å²) < 4.78 is 52.5. The molecular formula is C19H18F3NO5. The van der Waals surface area contributed by atoms with Crippen molar-refractivity contribution in [2.45, 2.75) is 26.6 Å². The Morgan fingerprint density at radius 1 is 1.07 bits per heavy atom. The van der Waals surface area contributed by atoms with Gasteiger partial charge in [0, 0.05) is 5.69 Å². The lowest BCUT2D eigenvalue weighted by Gasteiger charge is -2.15. The lowest BCUT2D eigenvalue weighted by molar-refractivity contribution is -0.123. The Hall–Kier alpha value is -3.23. The average molecular weight is 397 g/mol. The Bertz CT molecular complexity index is 873. The van der Waals surface area contributed by atoms with Gasteiger partial charge in [-0.1, -0.05) is 6.07 Å². The molecule has 0 saturated heterocycles. The second-order valence-corrected chi connectivity index (χ2v) is 5.74. The molecule has 0 aliphatic rings. The molecule has 1 atom stereocenters. The lowest BCUT2D eigenvalue weighted by Crippen LogP contribution is -2.30. The number of aryl methyl sites for hydroxylation is 1. The molecule has 2 rings (SSSR count). The van der Waals surface area contributed by atoms with Gasteiger partial charge >= 0.3 is 12.6 Å². The molecule has 0 aromatic heterocycles. The first kappa shape index (κ1) is 21.1. The molecule has 6 nitrogen and oxygen atoms in total. The number of anilines is 1. The molecule has 1 amide bonds. The lowest BCUT2D eigenvalue weighted by atomic mass is 10.2. The standard InChI is InChI=1S/C19H18F3NO5/c1-10-4-6-13(9-14(10)20)23-17(24)11(2)27-18(25)12-5-7-15(28-19(21)22)16(8-12)26-3/h4-9,11,19H,1-3H3,(H,23,24). The first-order chi connectivity index (χ1) is 13.2. The molecule has 1 unspecified atom stereocenters. The number of amides is 1. The first-order valence-electron chi connectivity index (χ1n) is 8.12. The minimum absolute atomic E-state index is 0.0282. The molecule has 0 fully saturated rings. The van der Waals surface area contributed by atoms with Gasteiger partial charge < -0.3 is 19.5 Å². The van der Waals surface area contributed by atoms with Gasteiger partial charge in [0.05, 0.1) is 12.7 Å². The molecule has 0 saturated carbocycles. The summed E-state index contributed by atoms with van der Waals surface area (Å²) >= 11 is 0. The molecule has 28 heavy (non-hydrogen) atoms. The summed E-state index contributed by atoms with van der Waals surface area (Å²) in [7, 11) is 1.22. The zero-order valence-electron chi connectivity index (χ0n) is 15.3. The second-order valence-electron chi connectivity index (χ2n) is 5.74. The summed E-state index contributed by atoms with van der Waals surface area (Å²) in [6, 6.07) is 7.63. The molecule has 150 valence electrons. The van der Waals surface area contributed by atoms with Crippen molar-refractivity contribution < 1.29 is 37.0 Å². The van der Waals surface area contributed by atoms with Crippen LogP contribution >= 0.6 is 0 Å². The highest BCUT2D eigenvalue weighted by molar-refractivity contribution is 5.97. The fourth-order valence-electron chi connectivity index (χ4n) is 2.18. The number of benzene rings is 2. The van der Waals surface area contributed by atoms with Gasteiger partial charge in [0.2, 0.25) is 0 Å². The van der Waals surface area contributed by atoms with Crippen LogP contribution in [-0.4, -0.2) is 31.7 Å². The van der Waals surface area contributed by atoms with Crippen molar-refractivity contribution in [2.24, 2.45) is 0 Å². The molecule has 0 spiro atoms. The number of hydrogen-bond donors (Lipinski definition) is 1. The highest BCUT2D eigenvalue weighted by Crippen LogP contribution is 2.29. The van der Waals surface area contributed by atoms with Crippen molar-refractivity contribution in [1.29, 1.82) is 0 Å². The zero-order chi connectivity index (χ0) is 20.8. The summed E-state index contributed by atoms with van der Waals surface area (Å²) in [5.41, 5.74) is 0.608. The van der Waals surface area contributed by atoms with Gasteiger partial charge in [-0.15, -0.1) is 0 Å². The summed E-state index contributed by atoms with van der Waals surface area (Å²) in [6.45, 7) is -0.136. The van der Waals surface area contributed by atoms with Crippen molar-refractivity contribution in [2.75, 3.05) is 12.4 Å². The Kier molecular flexibility index (Phi) is 6.86. The molecule has 0 heterocycles. The largest absolute Gasteiger partial charge is 0.493 e. The number of alkyl halides is 2. The molecule has 1 N–H and O–H groups in total. The summed E-state index contributed by atoms with van der Waals surface area (Å²) in [6.07, 6.45) is -1.19. The second kappa shape index (κ2) is 9.12. The minimum atomic E-state index is -3.05. The summed E-state index contributed by atoms with van der Waals surface area (Å²) in [5.74, 6) is -2.37. The summed E-state index contributed by atoms with van der Waals surface area (Å²) in [4.78, 5) is 24.3. The smallest absolute Gasteiger partial charge is 0.387 e. The zero-order valence-corrected chi connectivity index (χ0v) is 15.3. The van der Waals surface area contributed by atoms with E-state index in [2.05, 4.69) is 10.1 Å². The third-order valence-electron chi connectivity index (χ3n) is 3.71. The number of rotatable bonds is 7. The fraction of sp³-hybridized carbons (Fsp3) is 0.263. The molecule has 2 aromatic carbocycles. The van der Waals surface area contributed by atoms with Crippen LogP contribution < -0.4 is 14.8 Å². The van der Waals surface area contributed by atoms with Crippen LogP contribution in [0.1, 0.15) is 22.8 Å². The van der Waals surface area contributed by atoms with Gasteiger partial charge in [0.15, 0.2) is 17.6 Å². The normalized spacial score (nSPS) is 11.7. The van der Waals surface area contributed by atoms with E-state index < -0.39 is 30.4 Å². The van der Waals surface area contributed by atoms with Crippen molar-refractivity contribution in [1.82, 2.24) is 0 Å². The SMILES string of the molecule is COc1cc(C(=O)OC(C)C(=O)Nc2ccc(C)c(F)c2)ccc1OC(F)F. The van der Waals surface area contributed by atoms with Crippen molar-refractivity contribution >= 4 is 17.6 Å². The number of carbonyl (C=O) groups excluding carboxylic acids is 2. The van der Waals surface area contributed by atoms with E-state index in [-0.39, 0.29) is 22.7 Å². The van der Waals surface area contributed by atoms with Crippen molar-refractivity contribution in [3.05, 3.63) is 53.3 Å². The molecule has 0 radical (unpaired) electrons. The summed E-state index contributed by atoms with van der Waals surface area (Å²) in [5, 5.41) is 2.44. The van der Waals surface area contributed by atoms with E-state index >= 15 is 0 Å². The van der Waals surface area contributed by atoms with E-state index in [1.54, 1.807) is 6.92 Å². The molecular weight excluding hydrogens is 379 g/mol. The highest BCUT2D eigenvalue weighted by Gasteiger charge is 2.21. The topological polar surface area (TPSA) is 73.9 Å². The number of ether oxygens (including phenoxy) is 3. The number of carbonyl (C=O) groups is 2. The third-order valence-corrected chi connectivity index (χ3v) is 3.71. The van der Waals surface area contributed by atoms with Crippen molar-refractivity contribution in [3.8, 4) is 11.5 Å². The number of hydrogen-bond acceptors (Lipinski definition) is 5. The van der Waals surface area contributed by atoms with E-state index in [1.165, 1.54) is 32.2 Å². The van der Waals surface area contributed by atoms with Crippen LogP contribution in [0, 0.1) is 12.7 Å². The van der Waals surface area contributed by atoms with Crippen LogP contribution in [-0.2, 0) is 9.53 Å². The third kappa shape index (κ3) is 5.38. The Balaban J connectivity index is 2.04. The van der Waals surface area contributed by atoms with Crippen LogP contribution in [0.2, 0.25) is 0 Å². The maximum atomic E-state index is 13.5. The Labute approximate surface area is 159 Å². The monoisotopic (exact) mass is 397 g/mol. The first-order valence-corrected chi connectivity index (χ1v) is 8.12. The van der Waals surface area contributed by atoms with Crippen LogP contribution in [0.3, 0.4) is 0 Å². The number of methoxy groups -OCH3 is 1. The number of nitrogens with one attached hydrogen (secondary N) is 1. The van der Waals surface area contributed by atoms with E-state index in [0.29, 0.717) is 5.56 Å². The van der Waals surface area contributed by atoms with Gasteiger partial charge in [-0.2, -0.15) is 8.78 Å². The highest BCUT2D eigenvalue weighted by atomic mass is 19.3. The van der Waals surface area contributed by atoms with E-state index in [9.17, 15) is 22.8 Å². The Morgan fingerprint density at radius 3 is 2.39 bits per heavy atom. The van der Waals surface area contributed by atoms with Crippen molar-refractivity contribution in [3.63, 3.8) is 0 Å². The maximum absolute atomic E-state index is 13.5. The van der Waals surface area contributed by atoms with E-state index in [4.69, 9.17) is 9.47 Å². The van der Waals surface area contributed by atoms with E-state index in [0.717, 1.165) is 18.2 Å². The van der Waals surface area contributed by atoms with Gasteiger partial charge in [0.25, 0.3) is 5.91 Å². The minimum Gasteiger partial charge on any atom is -0.493 e. The van der Waals surface area contributed by atoms with Crippen LogP contribution in [0.15, 0.2) is 36.4 Å². The van der Waals surface area contributed by atoms with E-state index in [1.807, 2.05) is 0 Å².